The molecule has 6 nitrogen and oxygen atoms in total. The molecule has 0 aliphatic carbocycles. The maximum absolute atomic E-state index is 11.9. The fourth-order valence-corrected chi connectivity index (χ4v) is 2.35. The summed E-state index contributed by atoms with van der Waals surface area (Å²) in [5, 5.41) is 12.2. The highest BCUT2D eigenvalue weighted by atomic mass is 16.3. The lowest BCUT2D eigenvalue weighted by Crippen LogP contribution is -2.47. The summed E-state index contributed by atoms with van der Waals surface area (Å²) >= 11 is 0. The largest absolute Gasteiger partial charge is 0.393 e. The number of carbonyl (C=O) groups excluding carboxylic acids is 2. The van der Waals surface area contributed by atoms with Crippen LogP contribution in [0.15, 0.2) is 0 Å². The normalized spacial score (nSPS) is 30.5. The fraction of sp³-hybridized carbons (Fsp3) is 0.818. The Bertz CT molecular complexity index is 321. The van der Waals surface area contributed by atoms with Gasteiger partial charge >= 0.3 is 6.03 Å². The smallest absolute Gasteiger partial charge is 0.324 e. The summed E-state index contributed by atoms with van der Waals surface area (Å²) < 4.78 is 0. The Balaban J connectivity index is 1.84. The number of hydrogen-bond donors (Lipinski definition) is 2. The van der Waals surface area contributed by atoms with Gasteiger partial charge < -0.3 is 10.4 Å². The molecule has 2 fully saturated rings. The highest BCUT2D eigenvalue weighted by Crippen LogP contribution is 2.16. The first-order chi connectivity index (χ1) is 8.08. The van der Waals surface area contributed by atoms with E-state index in [1.54, 1.807) is 0 Å². The average molecular weight is 241 g/mol. The molecule has 2 saturated heterocycles. The Labute approximate surface area is 101 Å². The van der Waals surface area contributed by atoms with E-state index in [-0.39, 0.29) is 30.5 Å². The van der Waals surface area contributed by atoms with Gasteiger partial charge in [-0.3, -0.25) is 14.6 Å². The highest BCUT2D eigenvalue weighted by Gasteiger charge is 2.30. The second-order valence-corrected chi connectivity index (χ2v) is 4.85. The standard InChI is InChI=1S/C11H19N3O3/c1-8-6-13(4-2-9(8)15)7-10(16)14-5-3-12-11(14)17/h8-9,15H,2-7H2,1H3,(H,12,17). The maximum atomic E-state index is 11.9. The van der Waals surface area contributed by atoms with Crippen LogP contribution in [-0.2, 0) is 4.79 Å². The molecule has 3 amide bonds. The predicted molar refractivity (Wildman–Crippen MR) is 61.3 cm³/mol. The Morgan fingerprint density at radius 1 is 1.53 bits per heavy atom. The van der Waals surface area contributed by atoms with Gasteiger partial charge in [0, 0.05) is 26.2 Å². The van der Waals surface area contributed by atoms with Gasteiger partial charge in [0.05, 0.1) is 12.6 Å². The van der Waals surface area contributed by atoms with Gasteiger partial charge in [0.1, 0.15) is 0 Å². The second-order valence-electron chi connectivity index (χ2n) is 4.85. The van der Waals surface area contributed by atoms with Crippen molar-refractivity contribution in [3.8, 4) is 0 Å². The van der Waals surface area contributed by atoms with Crippen LogP contribution in [0.2, 0.25) is 0 Å². The zero-order valence-electron chi connectivity index (χ0n) is 10.1. The van der Waals surface area contributed by atoms with Crippen molar-refractivity contribution in [2.75, 3.05) is 32.7 Å². The number of urea groups is 1. The number of likely N-dealkylation sites (tertiary alicyclic amines) is 1. The van der Waals surface area contributed by atoms with E-state index < -0.39 is 0 Å². The van der Waals surface area contributed by atoms with E-state index in [1.165, 1.54) is 4.90 Å². The number of carbonyl (C=O) groups is 2. The molecule has 2 N–H and O–H groups in total. The van der Waals surface area contributed by atoms with E-state index in [0.29, 0.717) is 32.6 Å². The van der Waals surface area contributed by atoms with Crippen LogP contribution in [0.3, 0.4) is 0 Å². The molecule has 17 heavy (non-hydrogen) atoms. The molecule has 0 aromatic carbocycles. The second kappa shape index (κ2) is 5.01. The summed E-state index contributed by atoms with van der Waals surface area (Å²) in [5.74, 6) is 0.0348. The van der Waals surface area contributed by atoms with Gasteiger partial charge in [-0.05, 0) is 12.3 Å². The lowest BCUT2D eigenvalue weighted by Gasteiger charge is -2.34. The molecule has 0 aromatic rings. The van der Waals surface area contributed by atoms with E-state index in [9.17, 15) is 14.7 Å². The number of aliphatic hydroxyl groups excluding tert-OH is 1. The third-order valence-corrected chi connectivity index (χ3v) is 3.46. The lowest BCUT2D eigenvalue weighted by atomic mass is 9.97. The molecule has 2 heterocycles. The lowest BCUT2D eigenvalue weighted by molar-refractivity contribution is -0.129. The number of nitrogens with one attached hydrogen (secondary N) is 1. The van der Waals surface area contributed by atoms with Crippen molar-refractivity contribution in [1.29, 1.82) is 0 Å². The maximum Gasteiger partial charge on any atom is 0.324 e. The summed E-state index contributed by atoms with van der Waals surface area (Å²) in [5.41, 5.74) is 0. The molecule has 0 aromatic heterocycles. The molecule has 2 atom stereocenters. The van der Waals surface area contributed by atoms with Crippen molar-refractivity contribution in [3.05, 3.63) is 0 Å². The van der Waals surface area contributed by atoms with Crippen LogP contribution in [0.1, 0.15) is 13.3 Å². The van der Waals surface area contributed by atoms with Crippen molar-refractivity contribution in [1.82, 2.24) is 15.1 Å². The Kier molecular flexibility index (Phi) is 3.63. The summed E-state index contributed by atoms with van der Waals surface area (Å²) in [6, 6.07) is -0.292. The van der Waals surface area contributed by atoms with Crippen LogP contribution in [0.25, 0.3) is 0 Å². The Hall–Kier alpha value is -1.14. The van der Waals surface area contributed by atoms with E-state index in [4.69, 9.17) is 0 Å². The van der Waals surface area contributed by atoms with Gasteiger partial charge in [-0.15, -0.1) is 0 Å². The van der Waals surface area contributed by atoms with Crippen LogP contribution in [0.4, 0.5) is 4.79 Å². The number of piperidine rings is 1. The molecule has 2 aliphatic heterocycles. The monoisotopic (exact) mass is 241 g/mol. The van der Waals surface area contributed by atoms with Gasteiger partial charge in [0.25, 0.3) is 0 Å². The first-order valence-electron chi connectivity index (χ1n) is 6.06. The summed E-state index contributed by atoms with van der Waals surface area (Å²) in [6.07, 6.45) is 0.428. The third-order valence-electron chi connectivity index (χ3n) is 3.46. The quantitative estimate of drug-likeness (QED) is 0.666. The molecule has 2 unspecified atom stereocenters. The van der Waals surface area contributed by atoms with Crippen molar-refractivity contribution >= 4 is 11.9 Å². The van der Waals surface area contributed by atoms with Gasteiger partial charge in [0.15, 0.2) is 0 Å². The molecule has 2 aliphatic rings. The Morgan fingerprint density at radius 2 is 2.29 bits per heavy atom. The topological polar surface area (TPSA) is 72.9 Å². The number of rotatable bonds is 2. The van der Waals surface area contributed by atoms with Gasteiger partial charge in [-0.25, -0.2) is 4.79 Å². The zero-order valence-corrected chi connectivity index (χ0v) is 10.1. The van der Waals surface area contributed by atoms with Crippen molar-refractivity contribution in [2.24, 2.45) is 5.92 Å². The summed E-state index contributed by atoms with van der Waals surface area (Å²) in [7, 11) is 0. The zero-order chi connectivity index (χ0) is 12.4. The van der Waals surface area contributed by atoms with Crippen LogP contribution in [-0.4, -0.2) is 65.7 Å². The minimum absolute atomic E-state index is 0.149. The molecule has 6 heteroatoms. The summed E-state index contributed by atoms with van der Waals surface area (Å²) in [4.78, 5) is 26.4. The van der Waals surface area contributed by atoms with Crippen LogP contribution < -0.4 is 5.32 Å². The van der Waals surface area contributed by atoms with Crippen LogP contribution in [0.5, 0.6) is 0 Å². The van der Waals surface area contributed by atoms with Crippen molar-refractivity contribution in [3.63, 3.8) is 0 Å². The molecular weight excluding hydrogens is 222 g/mol. The first-order valence-corrected chi connectivity index (χ1v) is 6.06. The first kappa shape index (κ1) is 12.3. The average Bonchev–Trinajstić information content (AvgIpc) is 2.70. The van der Waals surface area contributed by atoms with Gasteiger partial charge in [-0.1, -0.05) is 6.92 Å². The fourth-order valence-electron chi connectivity index (χ4n) is 2.35. The minimum Gasteiger partial charge on any atom is -0.393 e. The number of amides is 3. The van der Waals surface area contributed by atoms with Crippen LogP contribution >= 0.6 is 0 Å². The molecule has 96 valence electrons. The number of nitrogens with zero attached hydrogens (tertiary/aromatic N) is 2. The van der Waals surface area contributed by atoms with E-state index in [2.05, 4.69) is 5.32 Å². The van der Waals surface area contributed by atoms with Gasteiger partial charge in [-0.2, -0.15) is 0 Å². The SMILES string of the molecule is CC1CN(CC(=O)N2CCNC2=O)CCC1O. The van der Waals surface area contributed by atoms with E-state index in [1.807, 2.05) is 11.8 Å². The Morgan fingerprint density at radius 3 is 2.88 bits per heavy atom. The molecule has 2 rings (SSSR count). The summed E-state index contributed by atoms with van der Waals surface area (Å²) in [6.45, 7) is 4.67. The number of imide groups is 1. The van der Waals surface area contributed by atoms with Crippen molar-refractivity contribution in [2.45, 2.75) is 19.4 Å². The van der Waals surface area contributed by atoms with Gasteiger partial charge in [0.2, 0.25) is 5.91 Å². The number of aliphatic hydroxyl groups is 1. The molecule has 0 bridgehead atoms. The molecular formula is C11H19N3O3. The van der Waals surface area contributed by atoms with Crippen LogP contribution in [0, 0.1) is 5.92 Å². The predicted octanol–water partition coefficient (Wildman–Crippen LogP) is -0.759. The molecule has 0 radical (unpaired) electrons. The number of hydrogen-bond acceptors (Lipinski definition) is 4. The molecule has 0 saturated carbocycles. The third kappa shape index (κ3) is 2.76. The van der Waals surface area contributed by atoms with E-state index >= 15 is 0 Å². The van der Waals surface area contributed by atoms with E-state index in [0.717, 1.165) is 0 Å². The molecule has 0 spiro atoms. The highest BCUT2D eigenvalue weighted by molar-refractivity contribution is 5.96. The van der Waals surface area contributed by atoms with Crippen molar-refractivity contribution < 1.29 is 14.7 Å². The minimum atomic E-state index is -0.292.